The maximum absolute atomic E-state index is 12.6. The normalized spacial score (nSPS) is 16.8. The molecule has 0 spiro atoms. The van der Waals surface area contributed by atoms with E-state index in [2.05, 4.69) is 16.3 Å². The summed E-state index contributed by atoms with van der Waals surface area (Å²) in [5.74, 6) is 0.156. The van der Waals surface area contributed by atoms with Crippen LogP contribution in [0.5, 0.6) is 0 Å². The van der Waals surface area contributed by atoms with Gasteiger partial charge in [-0.1, -0.05) is 0 Å². The molecule has 1 amide bonds. The number of hydrogen-bond acceptors (Lipinski definition) is 6. The number of thiophene rings is 2. The highest BCUT2D eigenvalue weighted by molar-refractivity contribution is 7.27. The van der Waals surface area contributed by atoms with Crippen molar-refractivity contribution >= 4 is 38.0 Å². The molecule has 3 heterocycles. The Morgan fingerprint density at radius 3 is 2.59 bits per heavy atom. The molecule has 3 rings (SSSR count). The van der Waals surface area contributed by atoms with Gasteiger partial charge >= 0.3 is 0 Å². The second kappa shape index (κ2) is 7.06. The molecule has 5 nitrogen and oxygen atoms in total. The SMILES string of the molecule is COC(CN1CCN(C(=O)c2cc3sccc3s2)CC1)OC. The van der Waals surface area contributed by atoms with E-state index >= 15 is 0 Å². The van der Waals surface area contributed by atoms with Gasteiger partial charge in [-0.15, -0.1) is 22.7 Å². The molecule has 0 bridgehead atoms. The second-order valence-electron chi connectivity index (χ2n) is 5.25. The van der Waals surface area contributed by atoms with Crippen molar-refractivity contribution in [1.29, 1.82) is 0 Å². The maximum atomic E-state index is 12.6. The van der Waals surface area contributed by atoms with Crippen LogP contribution in [-0.2, 0) is 9.47 Å². The zero-order chi connectivity index (χ0) is 15.5. The van der Waals surface area contributed by atoms with Crippen LogP contribution in [0.2, 0.25) is 0 Å². The molecular formula is C15H20N2O3S2. The van der Waals surface area contributed by atoms with Crippen LogP contribution in [0.4, 0.5) is 0 Å². The number of ether oxygens (including phenoxy) is 2. The number of carbonyl (C=O) groups is 1. The highest BCUT2D eigenvalue weighted by Crippen LogP contribution is 2.30. The van der Waals surface area contributed by atoms with Gasteiger partial charge < -0.3 is 14.4 Å². The number of rotatable bonds is 5. The molecule has 120 valence electrons. The third-order valence-corrected chi connectivity index (χ3v) is 6.02. The van der Waals surface area contributed by atoms with E-state index in [0.29, 0.717) is 0 Å². The Morgan fingerprint density at radius 2 is 1.95 bits per heavy atom. The minimum atomic E-state index is -0.202. The predicted molar refractivity (Wildman–Crippen MR) is 89.9 cm³/mol. The summed E-state index contributed by atoms with van der Waals surface area (Å²) < 4.78 is 12.9. The molecule has 0 saturated carbocycles. The van der Waals surface area contributed by atoms with E-state index in [4.69, 9.17) is 9.47 Å². The van der Waals surface area contributed by atoms with Crippen molar-refractivity contribution in [2.45, 2.75) is 6.29 Å². The molecule has 22 heavy (non-hydrogen) atoms. The van der Waals surface area contributed by atoms with Crippen LogP contribution in [0.25, 0.3) is 9.40 Å². The van der Waals surface area contributed by atoms with E-state index in [9.17, 15) is 4.79 Å². The number of hydrogen-bond donors (Lipinski definition) is 0. The molecule has 1 aliphatic heterocycles. The Morgan fingerprint density at radius 1 is 1.23 bits per heavy atom. The highest BCUT2D eigenvalue weighted by Gasteiger charge is 2.24. The zero-order valence-electron chi connectivity index (χ0n) is 12.8. The number of amides is 1. The van der Waals surface area contributed by atoms with Crippen LogP contribution in [0.15, 0.2) is 17.5 Å². The number of fused-ring (bicyclic) bond motifs is 1. The first-order valence-electron chi connectivity index (χ1n) is 7.25. The number of methoxy groups -OCH3 is 2. The Bertz CT molecular complexity index is 599. The van der Waals surface area contributed by atoms with Crippen molar-refractivity contribution in [2.75, 3.05) is 46.9 Å². The third kappa shape index (κ3) is 3.33. The molecule has 0 aromatic carbocycles. The Hall–Kier alpha value is -0.990. The van der Waals surface area contributed by atoms with Gasteiger partial charge in [-0.25, -0.2) is 0 Å². The molecule has 2 aromatic heterocycles. The highest BCUT2D eigenvalue weighted by atomic mass is 32.1. The molecule has 1 fully saturated rings. The van der Waals surface area contributed by atoms with Crippen LogP contribution in [0.1, 0.15) is 9.67 Å². The average molecular weight is 340 g/mol. The van der Waals surface area contributed by atoms with Gasteiger partial charge in [0.1, 0.15) is 0 Å². The van der Waals surface area contributed by atoms with Crippen molar-refractivity contribution in [2.24, 2.45) is 0 Å². The fraction of sp³-hybridized carbons (Fsp3) is 0.533. The van der Waals surface area contributed by atoms with E-state index < -0.39 is 0 Å². The lowest BCUT2D eigenvalue weighted by Crippen LogP contribution is -2.50. The molecule has 0 radical (unpaired) electrons. The first-order valence-corrected chi connectivity index (χ1v) is 8.95. The molecule has 0 N–H and O–H groups in total. The quantitative estimate of drug-likeness (QED) is 0.784. The number of piperazine rings is 1. The predicted octanol–water partition coefficient (Wildman–Crippen LogP) is 2.34. The van der Waals surface area contributed by atoms with Crippen LogP contribution < -0.4 is 0 Å². The van der Waals surface area contributed by atoms with E-state index in [1.54, 1.807) is 36.9 Å². The molecule has 1 aliphatic rings. The smallest absolute Gasteiger partial charge is 0.264 e. The second-order valence-corrected chi connectivity index (χ2v) is 7.28. The van der Waals surface area contributed by atoms with Crippen molar-refractivity contribution in [3.05, 3.63) is 22.4 Å². The van der Waals surface area contributed by atoms with Gasteiger partial charge in [0.25, 0.3) is 5.91 Å². The van der Waals surface area contributed by atoms with Crippen molar-refractivity contribution < 1.29 is 14.3 Å². The molecule has 0 aliphatic carbocycles. The van der Waals surface area contributed by atoms with Gasteiger partial charge in [-0.3, -0.25) is 9.69 Å². The van der Waals surface area contributed by atoms with Crippen LogP contribution in [-0.4, -0.2) is 68.9 Å². The van der Waals surface area contributed by atoms with Crippen molar-refractivity contribution in [3.63, 3.8) is 0 Å². The van der Waals surface area contributed by atoms with Crippen LogP contribution in [0.3, 0.4) is 0 Å². The van der Waals surface area contributed by atoms with E-state index in [1.807, 2.05) is 11.0 Å². The summed E-state index contributed by atoms with van der Waals surface area (Å²) in [6, 6.07) is 4.10. The fourth-order valence-electron chi connectivity index (χ4n) is 2.62. The zero-order valence-corrected chi connectivity index (χ0v) is 14.4. The topological polar surface area (TPSA) is 42.0 Å². The molecule has 0 atom stereocenters. The summed E-state index contributed by atoms with van der Waals surface area (Å²) in [5, 5.41) is 2.07. The summed E-state index contributed by atoms with van der Waals surface area (Å²) in [4.78, 5) is 17.6. The number of nitrogens with zero attached hydrogens (tertiary/aromatic N) is 2. The molecule has 2 aromatic rings. The first-order chi connectivity index (χ1) is 10.7. The van der Waals surface area contributed by atoms with E-state index in [0.717, 1.165) is 37.6 Å². The fourth-order valence-corrected chi connectivity index (χ4v) is 4.69. The lowest BCUT2D eigenvalue weighted by atomic mass is 10.3. The van der Waals surface area contributed by atoms with Crippen molar-refractivity contribution in [3.8, 4) is 0 Å². The lowest BCUT2D eigenvalue weighted by molar-refractivity contribution is -0.118. The van der Waals surface area contributed by atoms with Gasteiger partial charge in [0.05, 0.1) is 4.88 Å². The summed E-state index contributed by atoms with van der Waals surface area (Å²) in [6.07, 6.45) is -0.202. The van der Waals surface area contributed by atoms with E-state index in [-0.39, 0.29) is 12.2 Å². The standard InChI is InChI=1S/C15H20N2O3S2/c1-19-14(20-2)10-16-4-6-17(7-5-16)15(18)13-9-12-11(22-13)3-8-21-12/h3,8-9,14H,4-7,10H2,1-2H3. The summed E-state index contributed by atoms with van der Waals surface area (Å²) >= 11 is 3.28. The molecule has 0 unspecified atom stereocenters. The van der Waals surface area contributed by atoms with Crippen molar-refractivity contribution in [1.82, 2.24) is 9.80 Å². The largest absolute Gasteiger partial charge is 0.355 e. The minimum absolute atomic E-state index is 0.156. The van der Waals surface area contributed by atoms with Gasteiger partial charge in [0.2, 0.25) is 0 Å². The average Bonchev–Trinajstić information content (AvgIpc) is 3.14. The van der Waals surface area contributed by atoms with Gasteiger partial charge in [0.15, 0.2) is 6.29 Å². The Balaban J connectivity index is 1.56. The molecule has 7 heteroatoms. The van der Waals surface area contributed by atoms with Gasteiger partial charge in [-0.05, 0) is 17.5 Å². The summed E-state index contributed by atoms with van der Waals surface area (Å²) in [6.45, 7) is 3.96. The minimum Gasteiger partial charge on any atom is -0.355 e. The van der Waals surface area contributed by atoms with E-state index in [1.165, 1.54) is 9.40 Å². The Kier molecular flexibility index (Phi) is 5.10. The first kappa shape index (κ1) is 15.9. The summed E-state index contributed by atoms with van der Waals surface area (Å²) in [7, 11) is 3.30. The molecular weight excluding hydrogens is 320 g/mol. The van der Waals surface area contributed by atoms with Gasteiger partial charge in [-0.2, -0.15) is 0 Å². The third-order valence-electron chi connectivity index (χ3n) is 3.94. The Labute approximate surface area is 138 Å². The molecule has 1 saturated heterocycles. The van der Waals surface area contributed by atoms with Crippen LogP contribution >= 0.6 is 22.7 Å². The summed E-state index contributed by atoms with van der Waals surface area (Å²) in [5.41, 5.74) is 0. The maximum Gasteiger partial charge on any atom is 0.264 e. The lowest BCUT2D eigenvalue weighted by Gasteiger charge is -2.35. The van der Waals surface area contributed by atoms with Gasteiger partial charge in [0, 0.05) is 56.3 Å². The number of carbonyl (C=O) groups excluding carboxylic acids is 1. The monoisotopic (exact) mass is 340 g/mol. The van der Waals surface area contributed by atoms with Crippen LogP contribution in [0, 0.1) is 0 Å².